The van der Waals surface area contributed by atoms with Gasteiger partial charge >= 0.3 is 6.09 Å². The first-order valence-corrected chi connectivity index (χ1v) is 11.1. The van der Waals surface area contributed by atoms with Crippen molar-refractivity contribution in [2.75, 3.05) is 31.6 Å². The van der Waals surface area contributed by atoms with Crippen molar-refractivity contribution in [1.29, 1.82) is 0 Å². The van der Waals surface area contributed by atoms with E-state index in [1.807, 2.05) is 13.8 Å². The van der Waals surface area contributed by atoms with Crippen LogP contribution in [0.15, 0.2) is 24.7 Å². The van der Waals surface area contributed by atoms with Crippen molar-refractivity contribution in [1.82, 2.24) is 24.8 Å². The number of carbonyl (C=O) groups is 1. The number of ether oxygens (including phenoxy) is 1. The number of likely N-dealkylation sites (tertiary alicyclic amines) is 1. The van der Waals surface area contributed by atoms with Gasteiger partial charge in [-0.1, -0.05) is 25.4 Å². The van der Waals surface area contributed by atoms with Crippen LogP contribution in [0.3, 0.4) is 0 Å². The number of aromatic amines is 1. The third-order valence-electron chi connectivity index (χ3n) is 5.36. The average Bonchev–Trinajstić information content (AvgIpc) is 3.20. The van der Waals surface area contributed by atoms with Crippen LogP contribution in [0.2, 0.25) is 5.02 Å². The maximum atomic E-state index is 14.4. The molecule has 1 fully saturated rings. The van der Waals surface area contributed by atoms with Crippen molar-refractivity contribution >= 4 is 34.5 Å². The number of pyridine rings is 1. The van der Waals surface area contributed by atoms with Crippen LogP contribution in [0.1, 0.15) is 26.7 Å². The zero-order valence-corrected chi connectivity index (χ0v) is 18.8. The average molecular weight is 461 g/mol. The summed E-state index contributed by atoms with van der Waals surface area (Å²) in [6.45, 7) is 6.14. The summed E-state index contributed by atoms with van der Waals surface area (Å²) >= 11 is 6.07. The summed E-state index contributed by atoms with van der Waals surface area (Å²) in [5.41, 5.74) is 1.34. The molecular formula is C22H26ClFN6O2. The van der Waals surface area contributed by atoms with Crippen molar-refractivity contribution in [2.45, 2.75) is 26.7 Å². The highest BCUT2D eigenvalue weighted by Gasteiger charge is 2.25. The van der Waals surface area contributed by atoms with E-state index in [4.69, 9.17) is 16.3 Å². The van der Waals surface area contributed by atoms with E-state index >= 15 is 0 Å². The van der Waals surface area contributed by atoms with E-state index in [-0.39, 0.29) is 17.8 Å². The van der Waals surface area contributed by atoms with E-state index in [1.165, 1.54) is 0 Å². The summed E-state index contributed by atoms with van der Waals surface area (Å²) in [4.78, 5) is 29.8. The second kappa shape index (κ2) is 9.68. The molecule has 32 heavy (non-hydrogen) atoms. The van der Waals surface area contributed by atoms with Crippen LogP contribution in [0.5, 0.6) is 0 Å². The Morgan fingerprint density at radius 1 is 1.41 bits per heavy atom. The zero-order valence-electron chi connectivity index (χ0n) is 18.1. The Morgan fingerprint density at radius 3 is 3.06 bits per heavy atom. The van der Waals surface area contributed by atoms with Gasteiger partial charge in [0.2, 0.25) is 0 Å². The van der Waals surface area contributed by atoms with Gasteiger partial charge in [-0.15, -0.1) is 0 Å². The number of H-pyrrole nitrogens is 1. The predicted molar refractivity (Wildman–Crippen MR) is 121 cm³/mol. The Morgan fingerprint density at radius 2 is 2.25 bits per heavy atom. The Labute approximate surface area is 190 Å². The number of nitrogens with one attached hydrogen (secondary N) is 2. The normalized spacial score (nSPS) is 16.5. The minimum absolute atomic E-state index is 0.124. The summed E-state index contributed by atoms with van der Waals surface area (Å²) in [5.74, 6) is 0.420. The van der Waals surface area contributed by atoms with Crippen LogP contribution >= 0.6 is 11.6 Å². The number of rotatable bonds is 6. The molecule has 4 rings (SSSR count). The maximum absolute atomic E-state index is 14.4. The molecule has 170 valence electrons. The van der Waals surface area contributed by atoms with Crippen molar-refractivity contribution in [2.24, 2.45) is 11.8 Å². The molecule has 0 saturated carbocycles. The van der Waals surface area contributed by atoms with Gasteiger partial charge in [0.25, 0.3) is 0 Å². The fourth-order valence-corrected chi connectivity index (χ4v) is 3.91. The summed E-state index contributed by atoms with van der Waals surface area (Å²) in [6.07, 6.45) is 5.96. The number of carbonyl (C=O) groups excluding carboxylic acids is 1. The molecule has 0 aliphatic carbocycles. The molecule has 1 unspecified atom stereocenters. The highest BCUT2D eigenvalue weighted by Crippen LogP contribution is 2.28. The highest BCUT2D eigenvalue weighted by molar-refractivity contribution is 6.31. The molecule has 3 aromatic heterocycles. The molecule has 1 atom stereocenters. The van der Waals surface area contributed by atoms with Crippen molar-refractivity contribution in [3.05, 3.63) is 35.5 Å². The van der Waals surface area contributed by atoms with Gasteiger partial charge in [-0.2, -0.15) is 0 Å². The standard InChI is InChI=1S/C22H26ClFN6O2/c1-13(2)12-32-22(31)30-5-3-4-14(11-30)7-25-21-18(24)10-28-20(29-21)17-9-27-19-16(17)6-15(23)8-26-19/h6,8-10,13-14H,3-5,7,11-12H2,1-2H3,(H,26,27)(H,25,28,29). The van der Waals surface area contributed by atoms with Gasteiger partial charge in [-0.05, 0) is 30.7 Å². The molecule has 2 N–H and O–H groups in total. The first-order valence-electron chi connectivity index (χ1n) is 10.7. The van der Waals surface area contributed by atoms with E-state index < -0.39 is 5.82 Å². The number of fused-ring (bicyclic) bond motifs is 1. The number of aromatic nitrogens is 4. The third-order valence-corrected chi connectivity index (χ3v) is 5.56. The highest BCUT2D eigenvalue weighted by atomic mass is 35.5. The summed E-state index contributed by atoms with van der Waals surface area (Å²) in [6, 6.07) is 1.77. The molecule has 3 aromatic rings. The number of hydrogen-bond acceptors (Lipinski definition) is 6. The monoisotopic (exact) mass is 460 g/mol. The van der Waals surface area contributed by atoms with Gasteiger partial charge in [0.15, 0.2) is 17.5 Å². The molecule has 0 radical (unpaired) electrons. The van der Waals surface area contributed by atoms with Crippen molar-refractivity contribution in [3.63, 3.8) is 0 Å². The molecule has 0 spiro atoms. The molecule has 10 heteroatoms. The second-order valence-electron chi connectivity index (χ2n) is 8.45. The third kappa shape index (κ3) is 5.09. The molecule has 4 heterocycles. The molecule has 1 aliphatic heterocycles. The van der Waals surface area contributed by atoms with Gasteiger partial charge in [-0.25, -0.2) is 24.1 Å². The van der Waals surface area contributed by atoms with Gasteiger partial charge in [0, 0.05) is 43.0 Å². The lowest BCUT2D eigenvalue weighted by Crippen LogP contribution is -2.42. The lowest BCUT2D eigenvalue weighted by Gasteiger charge is -2.32. The fourth-order valence-electron chi connectivity index (χ4n) is 3.75. The number of anilines is 1. The molecule has 0 bridgehead atoms. The topological polar surface area (TPSA) is 96.0 Å². The molecule has 1 amide bonds. The smallest absolute Gasteiger partial charge is 0.409 e. The minimum atomic E-state index is -0.534. The van der Waals surface area contributed by atoms with Crippen molar-refractivity contribution < 1.29 is 13.9 Å². The molecule has 1 aliphatic rings. The van der Waals surface area contributed by atoms with Crippen LogP contribution in [0.25, 0.3) is 22.4 Å². The Bertz CT molecular complexity index is 1110. The van der Waals surface area contributed by atoms with E-state index in [0.29, 0.717) is 54.2 Å². The Hall–Kier alpha value is -2.94. The van der Waals surface area contributed by atoms with Crippen LogP contribution in [-0.2, 0) is 4.74 Å². The van der Waals surface area contributed by atoms with E-state index in [1.54, 1.807) is 23.4 Å². The second-order valence-corrected chi connectivity index (χ2v) is 8.88. The largest absolute Gasteiger partial charge is 0.449 e. The maximum Gasteiger partial charge on any atom is 0.409 e. The van der Waals surface area contributed by atoms with E-state index in [9.17, 15) is 9.18 Å². The summed E-state index contributed by atoms with van der Waals surface area (Å²) in [7, 11) is 0. The number of hydrogen-bond donors (Lipinski definition) is 2. The quantitative estimate of drug-likeness (QED) is 0.552. The minimum Gasteiger partial charge on any atom is -0.449 e. The Kier molecular flexibility index (Phi) is 6.74. The van der Waals surface area contributed by atoms with Gasteiger partial charge in [-0.3, -0.25) is 0 Å². The van der Waals surface area contributed by atoms with Crippen LogP contribution in [0, 0.1) is 17.7 Å². The van der Waals surface area contributed by atoms with Gasteiger partial charge in [0.05, 0.1) is 17.8 Å². The van der Waals surface area contributed by atoms with Gasteiger partial charge in [0.1, 0.15) is 5.65 Å². The number of halogens is 2. The number of piperidine rings is 1. The molecular weight excluding hydrogens is 435 g/mol. The SMILES string of the molecule is CC(C)COC(=O)N1CCCC(CNc2nc(-c3c[nH]c4ncc(Cl)cc34)ncc2F)C1. The Balaban J connectivity index is 1.43. The first-order chi connectivity index (χ1) is 15.4. The molecule has 0 aromatic carbocycles. The van der Waals surface area contributed by atoms with Crippen molar-refractivity contribution in [3.8, 4) is 11.4 Å². The zero-order chi connectivity index (χ0) is 22.7. The molecule has 1 saturated heterocycles. The van der Waals surface area contributed by atoms with Crippen LogP contribution < -0.4 is 5.32 Å². The lowest BCUT2D eigenvalue weighted by atomic mass is 9.98. The summed E-state index contributed by atoms with van der Waals surface area (Å²) < 4.78 is 19.8. The van der Waals surface area contributed by atoms with Crippen LogP contribution in [0.4, 0.5) is 15.0 Å². The predicted octanol–water partition coefficient (Wildman–Crippen LogP) is 4.73. The van der Waals surface area contributed by atoms with E-state index in [2.05, 4.69) is 25.3 Å². The van der Waals surface area contributed by atoms with Gasteiger partial charge < -0.3 is 19.9 Å². The number of amides is 1. The van der Waals surface area contributed by atoms with Crippen LogP contribution in [-0.4, -0.2) is 57.2 Å². The number of nitrogens with zero attached hydrogens (tertiary/aromatic N) is 4. The first kappa shape index (κ1) is 22.3. The molecule has 8 nitrogen and oxygen atoms in total. The lowest BCUT2D eigenvalue weighted by molar-refractivity contribution is 0.0772. The van der Waals surface area contributed by atoms with E-state index in [0.717, 1.165) is 24.4 Å². The summed E-state index contributed by atoms with van der Waals surface area (Å²) in [5, 5.41) is 4.35. The fraction of sp³-hybridized carbons (Fsp3) is 0.455.